The van der Waals surface area contributed by atoms with E-state index in [1.807, 2.05) is 0 Å². The van der Waals surface area contributed by atoms with Crippen LogP contribution in [-0.4, -0.2) is 18.7 Å². The molecule has 142 valence electrons. The first-order chi connectivity index (χ1) is 14.1. The maximum atomic E-state index is 2.33. The lowest BCUT2D eigenvalue weighted by Gasteiger charge is -2.14. The predicted octanol–water partition coefficient (Wildman–Crippen LogP) is 6.73. The number of para-hydroxylation sites is 1. The molecule has 0 aliphatic heterocycles. The highest BCUT2D eigenvalue weighted by atomic mass is 15.1. The Morgan fingerprint density at radius 1 is 0.552 bits per heavy atom. The van der Waals surface area contributed by atoms with Gasteiger partial charge >= 0.3 is 0 Å². The van der Waals surface area contributed by atoms with Gasteiger partial charge < -0.3 is 9.47 Å². The van der Waals surface area contributed by atoms with Crippen molar-refractivity contribution in [3.8, 4) is 22.3 Å². The van der Waals surface area contributed by atoms with Crippen LogP contribution in [0.1, 0.15) is 0 Å². The van der Waals surface area contributed by atoms with E-state index in [2.05, 4.69) is 122 Å². The van der Waals surface area contributed by atoms with Gasteiger partial charge in [-0.25, -0.2) is 0 Å². The molecule has 0 radical (unpaired) electrons. The number of aromatic nitrogens is 1. The molecule has 1 heterocycles. The minimum absolute atomic E-state index is 1.21. The zero-order valence-electron chi connectivity index (χ0n) is 17.1. The van der Waals surface area contributed by atoms with E-state index in [1.165, 1.54) is 49.7 Å². The van der Waals surface area contributed by atoms with E-state index < -0.39 is 0 Å². The topological polar surface area (TPSA) is 8.17 Å². The number of anilines is 1. The molecular formula is C27H24N2. The van der Waals surface area contributed by atoms with E-state index in [-0.39, 0.29) is 0 Å². The van der Waals surface area contributed by atoms with Gasteiger partial charge in [-0.3, -0.25) is 0 Å². The van der Waals surface area contributed by atoms with Crippen LogP contribution in [0.4, 0.5) is 5.69 Å². The fraction of sp³-hybridized carbons (Fsp3) is 0.111. The normalized spacial score (nSPS) is 11.3. The first-order valence-electron chi connectivity index (χ1n) is 9.97. The second-order valence-corrected chi connectivity index (χ2v) is 7.83. The Kier molecular flexibility index (Phi) is 4.13. The van der Waals surface area contributed by atoms with Gasteiger partial charge in [-0.1, -0.05) is 54.6 Å². The van der Waals surface area contributed by atoms with Gasteiger partial charge in [-0.2, -0.15) is 0 Å². The molecule has 2 heteroatoms. The standard InChI is InChI=1S/C27H24N2/c1-28(2)23-11-7-10-21(17-23)19-8-6-9-20(16-19)22-14-15-27-25(18-22)24-12-4-5-13-26(24)29(27)3/h4-18H,1-3H3. The quantitative estimate of drug-likeness (QED) is 0.339. The number of rotatable bonds is 3. The van der Waals surface area contributed by atoms with Crippen molar-refractivity contribution in [3.63, 3.8) is 0 Å². The summed E-state index contributed by atoms with van der Waals surface area (Å²) in [4.78, 5) is 2.14. The molecule has 4 aromatic carbocycles. The van der Waals surface area contributed by atoms with E-state index in [4.69, 9.17) is 0 Å². The molecule has 0 N–H and O–H groups in total. The third kappa shape index (κ3) is 2.98. The smallest absolute Gasteiger partial charge is 0.0489 e. The van der Waals surface area contributed by atoms with E-state index in [1.54, 1.807) is 0 Å². The van der Waals surface area contributed by atoms with Gasteiger partial charge in [0.05, 0.1) is 0 Å². The van der Waals surface area contributed by atoms with Gasteiger partial charge in [-0.05, 0) is 58.7 Å². The third-order valence-electron chi connectivity index (χ3n) is 5.81. The van der Waals surface area contributed by atoms with Crippen molar-refractivity contribution in [1.29, 1.82) is 0 Å². The van der Waals surface area contributed by atoms with Crippen molar-refractivity contribution in [2.75, 3.05) is 19.0 Å². The average Bonchev–Trinajstić information content (AvgIpc) is 3.06. The van der Waals surface area contributed by atoms with Gasteiger partial charge in [-0.15, -0.1) is 0 Å². The Labute approximate surface area is 171 Å². The van der Waals surface area contributed by atoms with Crippen LogP contribution in [0.2, 0.25) is 0 Å². The van der Waals surface area contributed by atoms with Crippen molar-refractivity contribution in [2.45, 2.75) is 0 Å². The molecule has 0 bridgehead atoms. The maximum absolute atomic E-state index is 2.33. The number of hydrogen-bond donors (Lipinski definition) is 0. The molecule has 0 unspecified atom stereocenters. The maximum Gasteiger partial charge on any atom is 0.0489 e. The highest BCUT2D eigenvalue weighted by Gasteiger charge is 2.10. The van der Waals surface area contributed by atoms with Crippen molar-refractivity contribution in [3.05, 3.63) is 91.0 Å². The lowest BCUT2D eigenvalue weighted by molar-refractivity contribution is 1.01. The molecule has 0 fully saturated rings. The van der Waals surface area contributed by atoms with Crippen LogP contribution in [0, 0.1) is 0 Å². The summed E-state index contributed by atoms with van der Waals surface area (Å²) in [6.07, 6.45) is 0. The molecule has 0 spiro atoms. The molecule has 0 saturated heterocycles. The average molecular weight is 377 g/mol. The first kappa shape index (κ1) is 17.6. The molecule has 0 amide bonds. The lowest BCUT2D eigenvalue weighted by atomic mass is 9.97. The number of nitrogens with zero attached hydrogens (tertiary/aromatic N) is 2. The third-order valence-corrected chi connectivity index (χ3v) is 5.81. The van der Waals surface area contributed by atoms with Crippen molar-refractivity contribution in [1.82, 2.24) is 4.57 Å². The van der Waals surface area contributed by atoms with Crippen molar-refractivity contribution >= 4 is 27.5 Å². The number of hydrogen-bond acceptors (Lipinski definition) is 1. The van der Waals surface area contributed by atoms with Crippen LogP contribution in [0.5, 0.6) is 0 Å². The summed E-state index contributed by atoms with van der Waals surface area (Å²) in [5.41, 5.74) is 8.73. The van der Waals surface area contributed by atoms with E-state index >= 15 is 0 Å². The minimum Gasteiger partial charge on any atom is -0.378 e. The van der Waals surface area contributed by atoms with Gasteiger partial charge in [0.2, 0.25) is 0 Å². The number of fused-ring (bicyclic) bond motifs is 3. The van der Waals surface area contributed by atoms with E-state index in [9.17, 15) is 0 Å². The number of aryl methyl sites for hydroxylation is 1. The summed E-state index contributed by atoms with van der Waals surface area (Å²) in [5, 5.41) is 2.61. The molecular weight excluding hydrogens is 352 g/mol. The van der Waals surface area contributed by atoms with E-state index in [0.29, 0.717) is 0 Å². The molecule has 2 nitrogen and oxygen atoms in total. The largest absolute Gasteiger partial charge is 0.378 e. The summed E-state index contributed by atoms with van der Waals surface area (Å²) in [6, 6.07) is 32.9. The Morgan fingerprint density at radius 2 is 1.17 bits per heavy atom. The molecule has 29 heavy (non-hydrogen) atoms. The van der Waals surface area contributed by atoms with Gasteiger partial charge in [0.15, 0.2) is 0 Å². The highest BCUT2D eigenvalue weighted by molar-refractivity contribution is 6.09. The molecule has 5 aromatic rings. The fourth-order valence-electron chi connectivity index (χ4n) is 4.19. The van der Waals surface area contributed by atoms with Gasteiger partial charge in [0.1, 0.15) is 0 Å². The van der Waals surface area contributed by atoms with Gasteiger partial charge in [0, 0.05) is 48.6 Å². The van der Waals surface area contributed by atoms with Crippen LogP contribution in [0.15, 0.2) is 91.0 Å². The predicted molar refractivity (Wildman–Crippen MR) is 126 cm³/mol. The molecule has 5 rings (SSSR count). The Hall–Kier alpha value is -3.52. The summed E-state index contributed by atoms with van der Waals surface area (Å²) < 4.78 is 2.28. The minimum atomic E-state index is 1.21. The van der Waals surface area contributed by atoms with Crippen LogP contribution in [0.25, 0.3) is 44.1 Å². The van der Waals surface area contributed by atoms with Crippen LogP contribution in [-0.2, 0) is 7.05 Å². The zero-order chi connectivity index (χ0) is 20.0. The second kappa shape index (κ2) is 6.82. The fourth-order valence-corrected chi connectivity index (χ4v) is 4.19. The summed E-state index contributed by atoms with van der Waals surface area (Å²) >= 11 is 0. The molecule has 0 saturated carbocycles. The molecule has 1 aromatic heterocycles. The second-order valence-electron chi connectivity index (χ2n) is 7.83. The lowest BCUT2D eigenvalue weighted by Crippen LogP contribution is -2.08. The Bertz CT molecular complexity index is 1340. The monoisotopic (exact) mass is 376 g/mol. The molecule has 0 aliphatic rings. The summed E-state index contributed by atoms with van der Waals surface area (Å²) in [5.74, 6) is 0. The zero-order valence-corrected chi connectivity index (χ0v) is 17.1. The van der Waals surface area contributed by atoms with Crippen molar-refractivity contribution in [2.24, 2.45) is 7.05 Å². The van der Waals surface area contributed by atoms with Crippen LogP contribution < -0.4 is 4.90 Å². The molecule has 0 atom stereocenters. The van der Waals surface area contributed by atoms with E-state index in [0.717, 1.165) is 0 Å². The SMILES string of the molecule is CN(C)c1cccc(-c2cccc(-c3ccc4c(c3)c3ccccc3n4C)c2)c1. The van der Waals surface area contributed by atoms with Crippen LogP contribution in [0.3, 0.4) is 0 Å². The summed E-state index contributed by atoms with van der Waals surface area (Å²) in [7, 11) is 6.30. The van der Waals surface area contributed by atoms with Crippen molar-refractivity contribution < 1.29 is 0 Å². The van der Waals surface area contributed by atoms with Gasteiger partial charge in [0.25, 0.3) is 0 Å². The first-order valence-corrected chi connectivity index (χ1v) is 9.97. The highest BCUT2D eigenvalue weighted by Crippen LogP contribution is 2.33. The summed E-state index contributed by atoms with van der Waals surface area (Å²) in [6.45, 7) is 0. The molecule has 0 aliphatic carbocycles. The Morgan fingerprint density at radius 3 is 1.93 bits per heavy atom. The number of benzene rings is 4. The Balaban J connectivity index is 1.63. The van der Waals surface area contributed by atoms with Crippen LogP contribution >= 0.6 is 0 Å².